The van der Waals surface area contributed by atoms with Crippen LogP contribution in [0.15, 0.2) is 30.5 Å². The van der Waals surface area contributed by atoms with Crippen LogP contribution in [0, 0.1) is 19.8 Å². The van der Waals surface area contributed by atoms with E-state index in [1.165, 1.54) is 16.7 Å². The third-order valence-electron chi connectivity index (χ3n) is 4.78. The van der Waals surface area contributed by atoms with Gasteiger partial charge in [0.2, 0.25) is 0 Å². The van der Waals surface area contributed by atoms with Gasteiger partial charge in [0.25, 0.3) is 5.91 Å². The van der Waals surface area contributed by atoms with Crippen molar-refractivity contribution in [2.45, 2.75) is 53.1 Å². The van der Waals surface area contributed by atoms with E-state index < -0.39 is 0 Å². The zero-order valence-electron chi connectivity index (χ0n) is 15.1. The maximum atomic E-state index is 13.2. The largest absolute Gasteiger partial charge is 0.330 e. The lowest BCUT2D eigenvalue weighted by Crippen LogP contribution is -2.33. The molecule has 2 aromatic rings. The van der Waals surface area contributed by atoms with Crippen LogP contribution in [0.3, 0.4) is 0 Å². The van der Waals surface area contributed by atoms with Crippen molar-refractivity contribution < 1.29 is 4.79 Å². The van der Waals surface area contributed by atoms with Crippen LogP contribution in [0.5, 0.6) is 0 Å². The van der Waals surface area contributed by atoms with Crippen molar-refractivity contribution in [1.82, 2.24) is 14.7 Å². The van der Waals surface area contributed by atoms with Crippen LogP contribution in [0.25, 0.3) is 0 Å². The molecule has 2 heterocycles. The van der Waals surface area contributed by atoms with E-state index >= 15 is 0 Å². The van der Waals surface area contributed by atoms with Gasteiger partial charge in [-0.15, -0.1) is 0 Å². The summed E-state index contributed by atoms with van der Waals surface area (Å²) in [5, 5.41) is 4.35. The molecular weight excluding hydrogens is 298 g/mol. The van der Waals surface area contributed by atoms with Crippen LogP contribution in [0.4, 0.5) is 0 Å². The first-order chi connectivity index (χ1) is 11.5. The van der Waals surface area contributed by atoms with Crippen molar-refractivity contribution in [3.05, 3.63) is 52.8 Å². The highest BCUT2D eigenvalue weighted by Gasteiger charge is 2.32. The van der Waals surface area contributed by atoms with Gasteiger partial charge in [0.15, 0.2) is 0 Å². The minimum absolute atomic E-state index is 0.108. The van der Waals surface area contributed by atoms with Crippen molar-refractivity contribution in [3.63, 3.8) is 0 Å². The Bertz CT molecular complexity index is 732. The van der Waals surface area contributed by atoms with E-state index in [1.54, 1.807) is 6.20 Å². The fourth-order valence-electron chi connectivity index (χ4n) is 3.60. The van der Waals surface area contributed by atoms with Crippen molar-refractivity contribution >= 4 is 5.91 Å². The van der Waals surface area contributed by atoms with Gasteiger partial charge in [-0.05, 0) is 49.8 Å². The molecule has 0 saturated carbocycles. The number of aromatic nitrogens is 2. The standard InChI is InChI=1S/C20H27N3O/c1-14(2)13-23-19(9-10-21-23)20(24)22-11-5-6-18(22)17-12-15(3)7-8-16(17)4/h7-10,12,14,18H,5-6,11,13H2,1-4H3. The fraction of sp³-hybridized carbons (Fsp3) is 0.500. The maximum Gasteiger partial charge on any atom is 0.272 e. The third kappa shape index (κ3) is 3.23. The highest BCUT2D eigenvalue weighted by Crippen LogP contribution is 2.35. The van der Waals surface area contributed by atoms with Gasteiger partial charge in [-0.2, -0.15) is 5.10 Å². The molecule has 3 rings (SSSR count). The summed E-state index contributed by atoms with van der Waals surface area (Å²) in [6.45, 7) is 10.1. The molecule has 1 aliphatic heterocycles. The van der Waals surface area contributed by atoms with Crippen LogP contribution in [-0.2, 0) is 6.54 Å². The molecule has 1 aromatic heterocycles. The molecule has 0 radical (unpaired) electrons. The van der Waals surface area contributed by atoms with Gasteiger partial charge in [0.05, 0.1) is 6.04 Å². The molecule has 1 saturated heterocycles. The number of amides is 1. The summed E-state index contributed by atoms with van der Waals surface area (Å²) in [6, 6.07) is 8.56. The summed E-state index contributed by atoms with van der Waals surface area (Å²) in [5.74, 6) is 0.571. The molecule has 24 heavy (non-hydrogen) atoms. The van der Waals surface area contributed by atoms with E-state index in [0.717, 1.165) is 25.9 Å². The number of carbonyl (C=O) groups is 1. The Morgan fingerprint density at radius 1 is 1.29 bits per heavy atom. The molecule has 1 amide bonds. The second-order valence-electron chi connectivity index (χ2n) is 7.31. The minimum Gasteiger partial charge on any atom is -0.330 e. The van der Waals surface area contributed by atoms with Crippen molar-refractivity contribution in [2.24, 2.45) is 5.92 Å². The molecule has 0 spiro atoms. The van der Waals surface area contributed by atoms with Gasteiger partial charge in [-0.1, -0.05) is 37.6 Å². The van der Waals surface area contributed by atoms with Crippen LogP contribution in [0.1, 0.15) is 59.9 Å². The zero-order chi connectivity index (χ0) is 17.3. The third-order valence-corrected chi connectivity index (χ3v) is 4.78. The van der Waals surface area contributed by atoms with Crippen LogP contribution >= 0.6 is 0 Å². The summed E-state index contributed by atoms with van der Waals surface area (Å²) in [6.07, 6.45) is 3.83. The Labute approximate surface area is 144 Å². The molecule has 1 aliphatic rings. The zero-order valence-corrected chi connectivity index (χ0v) is 15.1. The van der Waals surface area contributed by atoms with E-state index in [4.69, 9.17) is 0 Å². The maximum absolute atomic E-state index is 13.2. The van der Waals surface area contributed by atoms with Gasteiger partial charge in [0.1, 0.15) is 5.69 Å². The summed E-state index contributed by atoms with van der Waals surface area (Å²) < 4.78 is 1.85. The average molecular weight is 325 g/mol. The Hall–Kier alpha value is -2.10. The van der Waals surface area contributed by atoms with Gasteiger partial charge in [0, 0.05) is 19.3 Å². The lowest BCUT2D eigenvalue weighted by atomic mass is 9.97. The monoisotopic (exact) mass is 325 g/mol. The van der Waals surface area contributed by atoms with Crippen LogP contribution in [0.2, 0.25) is 0 Å². The number of benzene rings is 1. The van der Waals surface area contributed by atoms with E-state index in [0.29, 0.717) is 11.6 Å². The van der Waals surface area contributed by atoms with Gasteiger partial charge < -0.3 is 4.90 Å². The quantitative estimate of drug-likeness (QED) is 0.847. The highest BCUT2D eigenvalue weighted by molar-refractivity contribution is 5.93. The number of carbonyl (C=O) groups excluding carboxylic acids is 1. The molecule has 4 nitrogen and oxygen atoms in total. The molecule has 0 bridgehead atoms. The van der Waals surface area contributed by atoms with E-state index in [9.17, 15) is 4.79 Å². The number of hydrogen-bond acceptors (Lipinski definition) is 2. The molecule has 1 unspecified atom stereocenters. The van der Waals surface area contributed by atoms with Crippen molar-refractivity contribution in [3.8, 4) is 0 Å². The number of aryl methyl sites for hydroxylation is 2. The molecule has 0 aliphatic carbocycles. The molecular formula is C20H27N3O. The fourth-order valence-corrected chi connectivity index (χ4v) is 3.60. The summed E-state index contributed by atoms with van der Waals surface area (Å²) >= 11 is 0. The van der Waals surface area contributed by atoms with Gasteiger partial charge in [-0.25, -0.2) is 0 Å². The van der Waals surface area contributed by atoms with E-state index in [-0.39, 0.29) is 11.9 Å². The topological polar surface area (TPSA) is 38.1 Å². The number of hydrogen-bond donors (Lipinski definition) is 0. The average Bonchev–Trinajstić information content (AvgIpc) is 3.17. The normalized spacial score (nSPS) is 17.7. The summed E-state index contributed by atoms with van der Waals surface area (Å²) in [5.41, 5.74) is 4.51. The SMILES string of the molecule is Cc1ccc(C)c(C2CCCN2C(=O)c2ccnn2CC(C)C)c1. The first-order valence-electron chi connectivity index (χ1n) is 8.87. The predicted octanol–water partition coefficient (Wildman–Crippen LogP) is 4.13. The number of rotatable bonds is 4. The van der Waals surface area contributed by atoms with Gasteiger partial charge in [-0.3, -0.25) is 9.48 Å². The molecule has 0 N–H and O–H groups in total. The van der Waals surface area contributed by atoms with E-state index in [2.05, 4.69) is 51.0 Å². The Kier molecular flexibility index (Phi) is 4.74. The lowest BCUT2D eigenvalue weighted by molar-refractivity contribution is 0.0721. The molecule has 1 fully saturated rings. The van der Waals surface area contributed by atoms with Crippen LogP contribution in [-0.4, -0.2) is 27.1 Å². The number of nitrogens with zero attached hydrogens (tertiary/aromatic N) is 3. The number of likely N-dealkylation sites (tertiary alicyclic amines) is 1. The molecule has 128 valence electrons. The lowest BCUT2D eigenvalue weighted by Gasteiger charge is -2.27. The molecule has 1 aromatic carbocycles. The van der Waals surface area contributed by atoms with Crippen molar-refractivity contribution in [2.75, 3.05) is 6.54 Å². The highest BCUT2D eigenvalue weighted by atomic mass is 16.2. The second-order valence-corrected chi connectivity index (χ2v) is 7.31. The smallest absolute Gasteiger partial charge is 0.272 e. The Morgan fingerprint density at radius 2 is 2.08 bits per heavy atom. The Morgan fingerprint density at radius 3 is 2.83 bits per heavy atom. The van der Waals surface area contributed by atoms with E-state index in [1.807, 2.05) is 15.6 Å². The van der Waals surface area contributed by atoms with Gasteiger partial charge >= 0.3 is 0 Å². The molecule has 1 atom stereocenters. The minimum atomic E-state index is 0.108. The summed E-state index contributed by atoms with van der Waals surface area (Å²) in [4.78, 5) is 15.2. The predicted molar refractivity (Wildman–Crippen MR) is 96.0 cm³/mol. The second kappa shape index (κ2) is 6.80. The summed E-state index contributed by atoms with van der Waals surface area (Å²) in [7, 11) is 0. The van der Waals surface area contributed by atoms with Crippen molar-refractivity contribution in [1.29, 1.82) is 0 Å². The first-order valence-corrected chi connectivity index (χ1v) is 8.87. The molecule has 4 heteroatoms. The Balaban J connectivity index is 1.89. The van der Waals surface area contributed by atoms with Crippen LogP contribution < -0.4 is 0 Å². The first kappa shape index (κ1) is 16.7.